The van der Waals surface area contributed by atoms with Crippen LogP contribution in [0.1, 0.15) is 49.4 Å². The molecule has 5 nitrogen and oxygen atoms in total. The summed E-state index contributed by atoms with van der Waals surface area (Å²) >= 11 is 0. The van der Waals surface area contributed by atoms with Crippen LogP contribution in [-0.4, -0.2) is 53.0 Å². The lowest BCUT2D eigenvalue weighted by molar-refractivity contribution is -0.130. The van der Waals surface area contributed by atoms with E-state index in [0.717, 1.165) is 55.0 Å². The first kappa shape index (κ1) is 17.2. The number of rotatable bonds is 4. The van der Waals surface area contributed by atoms with E-state index >= 15 is 0 Å². The van der Waals surface area contributed by atoms with Gasteiger partial charge in [-0.2, -0.15) is 0 Å². The molecule has 0 unspecified atom stereocenters. The minimum absolute atomic E-state index is 0.218. The summed E-state index contributed by atoms with van der Waals surface area (Å²) in [6, 6.07) is 0.836. The highest BCUT2D eigenvalue weighted by Crippen LogP contribution is 2.32. The second-order valence-corrected chi connectivity index (χ2v) is 7.15. The van der Waals surface area contributed by atoms with Gasteiger partial charge < -0.3 is 9.64 Å². The Bertz CT molecular complexity index is 617. The maximum atomic E-state index is 11.9. The van der Waals surface area contributed by atoms with E-state index in [9.17, 15) is 4.79 Å². The van der Waals surface area contributed by atoms with E-state index in [4.69, 9.17) is 4.74 Å². The molecule has 0 bridgehead atoms. The van der Waals surface area contributed by atoms with Crippen molar-refractivity contribution in [2.75, 3.05) is 20.2 Å². The summed E-state index contributed by atoms with van der Waals surface area (Å²) < 4.78 is 5.54. The molecule has 1 amide bonds. The van der Waals surface area contributed by atoms with E-state index in [1.54, 1.807) is 14.0 Å². The van der Waals surface area contributed by atoms with Crippen LogP contribution in [0.4, 0.5) is 0 Å². The zero-order valence-electron chi connectivity index (χ0n) is 15.3. The summed E-state index contributed by atoms with van der Waals surface area (Å²) in [5.74, 6) is 1.16. The molecule has 0 N–H and O–H groups in total. The van der Waals surface area contributed by atoms with Gasteiger partial charge in [0.05, 0.1) is 12.8 Å². The first-order valence-electron chi connectivity index (χ1n) is 9.03. The number of aryl methyl sites for hydroxylation is 1. The van der Waals surface area contributed by atoms with E-state index in [-0.39, 0.29) is 5.91 Å². The zero-order valence-corrected chi connectivity index (χ0v) is 15.3. The molecule has 0 aromatic carbocycles. The van der Waals surface area contributed by atoms with Gasteiger partial charge >= 0.3 is 0 Å². The van der Waals surface area contributed by atoms with Gasteiger partial charge in [0.25, 0.3) is 0 Å². The zero-order chi connectivity index (χ0) is 17.3. The van der Waals surface area contributed by atoms with E-state index in [1.165, 1.54) is 12.8 Å². The molecule has 0 spiro atoms. The molecule has 24 heavy (non-hydrogen) atoms. The van der Waals surface area contributed by atoms with Gasteiger partial charge in [-0.05, 0) is 46.1 Å². The lowest BCUT2D eigenvalue weighted by atomic mass is 10.0. The van der Waals surface area contributed by atoms with Gasteiger partial charge in [-0.25, -0.2) is 0 Å². The van der Waals surface area contributed by atoms with Gasteiger partial charge in [0, 0.05) is 49.4 Å². The van der Waals surface area contributed by atoms with Crippen molar-refractivity contribution in [1.82, 2.24) is 14.8 Å². The van der Waals surface area contributed by atoms with Gasteiger partial charge in [-0.3, -0.25) is 14.7 Å². The normalized spacial score (nSPS) is 24.6. The lowest BCUT2D eigenvalue weighted by Crippen LogP contribution is -2.47. The fourth-order valence-corrected chi connectivity index (χ4v) is 4.49. The first-order chi connectivity index (χ1) is 11.5. The highest BCUT2D eigenvalue weighted by molar-refractivity contribution is 5.74. The molecule has 2 aliphatic rings. The molecule has 1 aromatic heterocycles. The van der Waals surface area contributed by atoms with Crippen molar-refractivity contribution in [3.05, 3.63) is 23.0 Å². The minimum Gasteiger partial charge on any atom is -0.496 e. The van der Waals surface area contributed by atoms with Crippen molar-refractivity contribution >= 4 is 5.91 Å². The van der Waals surface area contributed by atoms with Crippen LogP contribution in [0.15, 0.2) is 6.20 Å². The van der Waals surface area contributed by atoms with Crippen LogP contribution < -0.4 is 4.74 Å². The highest BCUT2D eigenvalue weighted by atomic mass is 16.5. The summed E-state index contributed by atoms with van der Waals surface area (Å²) in [5, 5.41) is 0. The van der Waals surface area contributed by atoms with Crippen molar-refractivity contribution in [2.24, 2.45) is 0 Å². The van der Waals surface area contributed by atoms with Crippen LogP contribution in [-0.2, 0) is 11.3 Å². The van der Waals surface area contributed by atoms with Crippen LogP contribution >= 0.6 is 0 Å². The molecule has 2 aliphatic heterocycles. The number of methoxy groups -OCH3 is 1. The average molecular weight is 331 g/mol. The molecule has 0 radical (unpaired) electrons. The Morgan fingerprint density at radius 3 is 2.67 bits per heavy atom. The summed E-state index contributed by atoms with van der Waals surface area (Å²) in [4.78, 5) is 21.2. The molecular weight excluding hydrogens is 302 g/mol. The Balaban J connectivity index is 1.78. The summed E-state index contributed by atoms with van der Waals surface area (Å²) in [6.45, 7) is 8.68. The highest BCUT2D eigenvalue weighted by Gasteiger charge is 2.38. The van der Waals surface area contributed by atoms with E-state index in [1.807, 2.05) is 13.1 Å². The summed E-state index contributed by atoms with van der Waals surface area (Å²) in [7, 11) is 1.72. The Labute approximate surface area is 145 Å². The van der Waals surface area contributed by atoms with Crippen molar-refractivity contribution in [3.8, 4) is 5.75 Å². The fourth-order valence-electron chi connectivity index (χ4n) is 4.49. The second-order valence-electron chi connectivity index (χ2n) is 7.15. The van der Waals surface area contributed by atoms with Crippen LogP contribution in [0.5, 0.6) is 5.75 Å². The number of pyridine rings is 1. The smallest absolute Gasteiger partial charge is 0.219 e. The molecule has 2 saturated heterocycles. The third kappa shape index (κ3) is 3.14. The average Bonchev–Trinajstić information content (AvgIpc) is 3.19. The van der Waals surface area contributed by atoms with Crippen LogP contribution in [0.2, 0.25) is 0 Å². The predicted molar refractivity (Wildman–Crippen MR) is 94.1 cm³/mol. The van der Waals surface area contributed by atoms with Gasteiger partial charge in [0.15, 0.2) is 0 Å². The number of hydrogen-bond donors (Lipinski definition) is 0. The number of ether oxygens (including phenoxy) is 1. The van der Waals surface area contributed by atoms with Gasteiger partial charge in [-0.1, -0.05) is 0 Å². The first-order valence-corrected chi connectivity index (χ1v) is 9.03. The topological polar surface area (TPSA) is 45.7 Å². The standard InChI is InChI=1S/C19H29N3O2/c1-13-11-20-16(14(2)19(13)24-4)12-21-9-5-7-17(21)18-8-6-10-22(18)15(3)23/h11,17-18H,5-10,12H2,1-4H3/t17-,18+/m0/s1. The molecule has 132 valence electrons. The third-order valence-corrected chi connectivity index (χ3v) is 5.66. The minimum atomic E-state index is 0.218. The Hall–Kier alpha value is -1.62. The number of carbonyl (C=O) groups is 1. The fraction of sp³-hybridized carbons (Fsp3) is 0.684. The third-order valence-electron chi connectivity index (χ3n) is 5.66. The molecule has 3 heterocycles. The van der Waals surface area contributed by atoms with Gasteiger partial charge in [0.2, 0.25) is 5.91 Å². The predicted octanol–water partition coefficient (Wildman–Crippen LogP) is 2.68. The number of amides is 1. The van der Waals surface area contributed by atoms with E-state index < -0.39 is 0 Å². The quantitative estimate of drug-likeness (QED) is 0.851. The Morgan fingerprint density at radius 1 is 1.25 bits per heavy atom. The lowest BCUT2D eigenvalue weighted by Gasteiger charge is -2.34. The van der Waals surface area contributed by atoms with Crippen molar-refractivity contribution in [3.63, 3.8) is 0 Å². The van der Waals surface area contributed by atoms with E-state index in [0.29, 0.717) is 12.1 Å². The number of aromatic nitrogens is 1. The maximum Gasteiger partial charge on any atom is 0.219 e. The second kappa shape index (κ2) is 7.09. The van der Waals surface area contributed by atoms with Crippen molar-refractivity contribution in [1.29, 1.82) is 0 Å². The van der Waals surface area contributed by atoms with Gasteiger partial charge in [-0.15, -0.1) is 0 Å². The molecule has 1 aromatic rings. The Kier molecular flexibility index (Phi) is 5.09. The molecule has 2 atom stereocenters. The van der Waals surface area contributed by atoms with Crippen LogP contribution in [0.3, 0.4) is 0 Å². The summed E-state index contributed by atoms with van der Waals surface area (Å²) in [5.41, 5.74) is 3.31. The maximum absolute atomic E-state index is 11.9. The van der Waals surface area contributed by atoms with Crippen LogP contribution in [0.25, 0.3) is 0 Å². The molecular formula is C19H29N3O2. The number of hydrogen-bond acceptors (Lipinski definition) is 4. The SMILES string of the molecule is COc1c(C)cnc(CN2CCC[C@H]2[C@H]2CCCN2C(C)=O)c1C. The number of nitrogens with zero attached hydrogens (tertiary/aromatic N) is 3. The number of likely N-dealkylation sites (tertiary alicyclic amines) is 2. The summed E-state index contributed by atoms with van der Waals surface area (Å²) in [6.07, 6.45) is 6.55. The van der Waals surface area contributed by atoms with Crippen molar-refractivity contribution in [2.45, 2.75) is 65.1 Å². The molecule has 3 rings (SSSR count). The largest absolute Gasteiger partial charge is 0.496 e. The monoisotopic (exact) mass is 331 g/mol. The van der Waals surface area contributed by atoms with Crippen molar-refractivity contribution < 1.29 is 9.53 Å². The molecule has 0 saturated carbocycles. The van der Waals surface area contributed by atoms with E-state index in [2.05, 4.69) is 21.7 Å². The molecule has 0 aliphatic carbocycles. The molecule has 5 heteroatoms. The van der Waals surface area contributed by atoms with Gasteiger partial charge in [0.1, 0.15) is 5.75 Å². The van der Waals surface area contributed by atoms with Crippen LogP contribution in [0, 0.1) is 13.8 Å². The Morgan fingerprint density at radius 2 is 1.96 bits per heavy atom. The number of carbonyl (C=O) groups excluding carboxylic acids is 1. The molecule has 2 fully saturated rings.